The number of nitrogens with zero attached hydrogens (tertiary/aromatic N) is 3. The highest BCUT2D eigenvalue weighted by Gasteiger charge is 2.16. The van der Waals surface area contributed by atoms with E-state index in [0.29, 0.717) is 12.0 Å². The Morgan fingerprint density at radius 3 is 2.39 bits per heavy atom. The minimum absolute atomic E-state index is 0.488. The van der Waals surface area contributed by atoms with Crippen LogP contribution in [-0.2, 0) is 13.6 Å². The summed E-state index contributed by atoms with van der Waals surface area (Å²) in [6.45, 7) is 8.42. The summed E-state index contributed by atoms with van der Waals surface area (Å²) in [4.78, 5) is 2.22. The van der Waals surface area contributed by atoms with E-state index in [2.05, 4.69) is 59.2 Å². The monoisotopic (exact) mass is 316 g/mol. The van der Waals surface area contributed by atoms with Crippen LogP contribution in [0, 0.1) is 12.8 Å². The van der Waals surface area contributed by atoms with Crippen molar-refractivity contribution in [2.24, 2.45) is 13.0 Å². The summed E-state index contributed by atoms with van der Waals surface area (Å²) in [7, 11) is 6.22. The molecule has 0 radical (unpaired) electrons. The number of aromatic nitrogens is 2. The summed E-state index contributed by atoms with van der Waals surface area (Å²) < 4.78 is 3.06. The number of halogens is 1. The van der Waals surface area contributed by atoms with Gasteiger partial charge in [-0.1, -0.05) is 13.8 Å². The molecular formula is C13H25BrN4. The molecule has 1 N–H and O–H groups in total. The Hall–Kier alpha value is -0.390. The van der Waals surface area contributed by atoms with Crippen LogP contribution in [-0.4, -0.2) is 41.4 Å². The molecule has 0 bridgehead atoms. The van der Waals surface area contributed by atoms with E-state index in [9.17, 15) is 0 Å². The van der Waals surface area contributed by atoms with Crippen LogP contribution >= 0.6 is 15.9 Å². The van der Waals surface area contributed by atoms with Gasteiger partial charge in [-0.15, -0.1) is 0 Å². The highest BCUT2D eigenvalue weighted by atomic mass is 79.9. The summed E-state index contributed by atoms with van der Waals surface area (Å²) in [5.41, 5.74) is 2.25. The maximum atomic E-state index is 4.41. The number of aryl methyl sites for hydroxylation is 2. The lowest BCUT2D eigenvalue weighted by Crippen LogP contribution is -2.41. The van der Waals surface area contributed by atoms with Gasteiger partial charge < -0.3 is 10.2 Å². The smallest absolute Gasteiger partial charge is 0.0739 e. The number of likely N-dealkylation sites (N-methyl/N-ethyl adjacent to an activating group) is 1. The zero-order valence-electron chi connectivity index (χ0n) is 12.3. The molecule has 18 heavy (non-hydrogen) atoms. The summed E-state index contributed by atoms with van der Waals surface area (Å²) in [5.74, 6) is 0.612. The Labute approximate surface area is 119 Å². The Morgan fingerprint density at radius 1 is 1.39 bits per heavy atom. The fourth-order valence-corrected chi connectivity index (χ4v) is 2.48. The number of hydrogen-bond donors (Lipinski definition) is 1. The van der Waals surface area contributed by atoms with Gasteiger partial charge in [-0.2, -0.15) is 5.10 Å². The van der Waals surface area contributed by atoms with Crippen LogP contribution in [0.2, 0.25) is 0 Å². The van der Waals surface area contributed by atoms with Gasteiger partial charge in [0.25, 0.3) is 0 Å². The third-order valence-corrected chi connectivity index (χ3v) is 4.19. The van der Waals surface area contributed by atoms with E-state index in [1.54, 1.807) is 0 Å². The Balaban J connectivity index is 2.67. The SMILES string of the molecule is Cc1nn(C)c(CNC(CN(C)C)C(C)C)c1Br. The van der Waals surface area contributed by atoms with Crippen LogP contribution < -0.4 is 5.32 Å². The molecule has 0 saturated carbocycles. The standard InChI is InChI=1S/C13H25BrN4/c1-9(2)11(8-17(4)5)15-7-12-13(14)10(3)16-18(12)6/h9,11,15H,7-8H2,1-6H3. The lowest BCUT2D eigenvalue weighted by molar-refractivity contribution is 0.286. The largest absolute Gasteiger partial charge is 0.308 e. The molecule has 1 aromatic rings. The zero-order chi connectivity index (χ0) is 13.9. The van der Waals surface area contributed by atoms with Crippen molar-refractivity contribution in [1.29, 1.82) is 0 Å². The number of rotatable bonds is 6. The normalized spacial score (nSPS) is 13.6. The maximum Gasteiger partial charge on any atom is 0.0739 e. The fourth-order valence-electron chi connectivity index (χ4n) is 2.00. The van der Waals surface area contributed by atoms with E-state index in [-0.39, 0.29) is 0 Å². The van der Waals surface area contributed by atoms with E-state index in [4.69, 9.17) is 0 Å². The number of hydrogen-bond acceptors (Lipinski definition) is 3. The van der Waals surface area contributed by atoms with Crippen molar-refractivity contribution < 1.29 is 0 Å². The molecule has 1 atom stereocenters. The van der Waals surface area contributed by atoms with Gasteiger partial charge in [0.15, 0.2) is 0 Å². The van der Waals surface area contributed by atoms with Crippen molar-refractivity contribution in [3.05, 3.63) is 15.9 Å². The molecule has 0 aromatic carbocycles. The molecule has 0 amide bonds. The molecule has 1 unspecified atom stereocenters. The van der Waals surface area contributed by atoms with Crippen LogP contribution in [0.5, 0.6) is 0 Å². The average Bonchev–Trinajstić information content (AvgIpc) is 2.48. The van der Waals surface area contributed by atoms with Crippen LogP contribution in [0.3, 0.4) is 0 Å². The maximum absolute atomic E-state index is 4.41. The van der Waals surface area contributed by atoms with Gasteiger partial charge >= 0.3 is 0 Å². The van der Waals surface area contributed by atoms with Gasteiger partial charge in [-0.3, -0.25) is 4.68 Å². The highest BCUT2D eigenvalue weighted by molar-refractivity contribution is 9.10. The molecule has 5 heteroatoms. The predicted molar refractivity (Wildman–Crippen MR) is 79.7 cm³/mol. The molecule has 4 nitrogen and oxygen atoms in total. The molecule has 104 valence electrons. The van der Waals surface area contributed by atoms with Crippen molar-refractivity contribution in [3.63, 3.8) is 0 Å². The fraction of sp³-hybridized carbons (Fsp3) is 0.769. The third kappa shape index (κ3) is 4.07. The van der Waals surface area contributed by atoms with Crippen molar-refractivity contribution in [3.8, 4) is 0 Å². The first-order valence-electron chi connectivity index (χ1n) is 6.39. The van der Waals surface area contributed by atoms with Crippen LogP contribution in [0.4, 0.5) is 0 Å². The van der Waals surface area contributed by atoms with Gasteiger partial charge in [0.05, 0.1) is 15.9 Å². The minimum atomic E-state index is 0.488. The topological polar surface area (TPSA) is 33.1 Å². The first-order chi connectivity index (χ1) is 8.32. The molecule has 1 rings (SSSR count). The molecule has 0 aliphatic heterocycles. The van der Waals surface area contributed by atoms with E-state index in [1.807, 2.05) is 18.7 Å². The van der Waals surface area contributed by atoms with Gasteiger partial charge in [0.2, 0.25) is 0 Å². The highest BCUT2D eigenvalue weighted by Crippen LogP contribution is 2.20. The van der Waals surface area contributed by atoms with Crippen molar-refractivity contribution >= 4 is 15.9 Å². The molecule has 0 fully saturated rings. The zero-order valence-corrected chi connectivity index (χ0v) is 13.9. The Kier molecular flexibility index (Phi) is 5.82. The van der Waals surface area contributed by atoms with E-state index < -0.39 is 0 Å². The second kappa shape index (κ2) is 6.68. The second-order valence-corrected chi connectivity index (χ2v) is 6.26. The van der Waals surface area contributed by atoms with Crippen molar-refractivity contribution in [2.75, 3.05) is 20.6 Å². The quantitative estimate of drug-likeness (QED) is 0.873. The first-order valence-corrected chi connectivity index (χ1v) is 7.18. The van der Waals surface area contributed by atoms with E-state index >= 15 is 0 Å². The Bertz CT molecular complexity index is 385. The molecule has 0 spiro atoms. The van der Waals surface area contributed by atoms with Crippen LogP contribution in [0.1, 0.15) is 25.2 Å². The van der Waals surface area contributed by atoms with Crippen molar-refractivity contribution in [1.82, 2.24) is 20.0 Å². The summed E-state index contributed by atoms with van der Waals surface area (Å²) >= 11 is 3.61. The number of nitrogens with one attached hydrogen (secondary N) is 1. The first kappa shape index (κ1) is 15.7. The molecule has 0 aliphatic carbocycles. The lowest BCUT2D eigenvalue weighted by atomic mass is 10.0. The molecule has 1 aromatic heterocycles. The minimum Gasteiger partial charge on any atom is -0.308 e. The second-order valence-electron chi connectivity index (χ2n) is 5.46. The van der Waals surface area contributed by atoms with Gasteiger partial charge in [0, 0.05) is 26.2 Å². The summed E-state index contributed by atoms with van der Waals surface area (Å²) in [6, 6.07) is 0.488. The predicted octanol–water partition coefficient (Wildman–Crippen LogP) is 2.17. The lowest BCUT2D eigenvalue weighted by Gasteiger charge is -2.25. The summed E-state index contributed by atoms with van der Waals surface area (Å²) in [5, 5.41) is 8.04. The van der Waals surface area contributed by atoms with Gasteiger partial charge in [-0.25, -0.2) is 0 Å². The van der Waals surface area contributed by atoms with Crippen molar-refractivity contribution in [2.45, 2.75) is 33.4 Å². The average molecular weight is 317 g/mol. The third-order valence-electron chi connectivity index (χ3n) is 3.16. The van der Waals surface area contributed by atoms with Gasteiger partial charge in [-0.05, 0) is 42.9 Å². The summed E-state index contributed by atoms with van der Waals surface area (Å²) in [6.07, 6.45) is 0. The van der Waals surface area contributed by atoms with Gasteiger partial charge in [0.1, 0.15) is 0 Å². The molecule has 0 aliphatic rings. The molecular weight excluding hydrogens is 292 g/mol. The van der Waals surface area contributed by atoms with E-state index in [0.717, 1.165) is 23.3 Å². The van der Waals surface area contributed by atoms with Crippen LogP contribution in [0.25, 0.3) is 0 Å². The Morgan fingerprint density at radius 2 is 2.00 bits per heavy atom. The van der Waals surface area contributed by atoms with Crippen LogP contribution in [0.15, 0.2) is 4.47 Å². The molecule has 1 heterocycles. The van der Waals surface area contributed by atoms with E-state index in [1.165, 1.54) is 5.69 Å². The molecule has 0 saturated heterocycles.